The lowest BCUT2D eigenvalue weighted by molar-refractivity contribution is -0.137. The molecule has 6 nitrogen and oxygen atoms in total. The Bertz CT molecular complexity index is 683. The second-order valence-electron chi connectivity index (χ2n) is 4.15. The summed E-state index contributed by atoms with van der Waals surface area (Å²) in [6.45, 7) is 1.70. The van der Waals surface area contributed by atoms with E-state index in [4.69, 9.17) is 9.47 Å². The molecule has 9 heteroatoms. The summed E-state index contributed by atoms with van der Waals surface area (Å²) in [5, 5.41) is 9.58. The Labute approximate surface area is 123 Å². The third-order valence-electron chi connectivity index (χ3n) is 2.80. The molecule has 0 saturated heterocycles. The third-order valence-corrected chi connectivity index (χ3v) is 2.80. The van der Waals surface area contributed by atoms with Crippen molar-refractivity contribution in [2.24, 2.45) is 0 Å². The number of nitrogens with one attached hydrogen (secondary N) is 1. The number of hydrogen-bond donors (Lipinski definition) is 1. The minimum absolute atomic E-state index is 0.00544. The fourth-order valence-electron chi connectivity index (χ4n) is 1.83. The number of carbonyl (C=O) groups is 1. The van der Waals surface area contributed by atoms with Gasteiger partial charge in [0.05, 0.1) is 19.3 Å². The third kappa shape index (κ3) is 3.02. The molecule has 22 heavy (non-hydrogen) atoms. The fourth-order valence-corrected chi connectivity index (χ4v) is 1.83. The van der Waals surface area contributed by atoms with Crippen LogP contribution in [0, 0.1) is 0 Å². The van der Waals surface area contributed by atoms with E-state index in [1.807, 2.05) is 0 Å². The molecule has 1 aromatic carbocycles. The molecule has 2 rings (SSSR count). The maximum atomic E-state index is 12.8. The molecule has 1 N–H and O–H groups in total. The van der Waals surface area contributed by atoms with E-state index in [0.29, 0.717) is 0 Å². The number of carbonyl (C=O) groups excluding carboxylic acids is 1. The summed E-state index contributed by atoms with van der Waals surface area (Å²) in [5.74, 6) is -0.654. The topological polar surface area (TPSA) is 77.1 Å². The van der Waals surface area contributed by atoms with Gasteiger partial charge in [-0.05, 0) is 25.1 Å². The van der Waals surface area contributed by atoms with Crippen LogP contribution >= 0.6 is 0 Å². The molecule has 1 heterocycles. The van der Waals surface area contributed by atoms with Crippen molar-refractivity contribution in [3.05, 3.63) is 29.5 Å². The Morgan fingerprint density at radius 1 is 1.32 bits per heavy atom. The summed E-state index contributed by atoms with van der Waals surface area (Å²) >= 11 is 0. The molecule has 0 unspecified atom stereocenters. The first-order valence-electron chi connectivity index (χ1n) is 6.22. The van der Waals surface area contributed by atoms with Gasteiger partial charge in [0.25, 0.3) is 0 Å². The van der Waals surface area contributed by atoms with Gasteiger partial charge in [0.1, 0.15) is 11.4 Å². The highest BCUT2D eigenvalue weighted by Gasteiger charge is 2.32. The van der Waals surface area contributed by atoms with Crippen molar-refractivity contribution >= 4 is 5.97 Å². The zero-order valence-electron chi connectivity index (χ0n) is 11.7. The van der Waals surface area contributed by atoms with Gasteiger partial charge in [0.15, 0.2) is 5.69 Å². The fraction of sp³-hybridized carbons (Fsp3) is 0.308. The van der Waals surface area contributed by atoms with Crippen LogP contribution in [0.25, 0.3) is 11.3 Å². The first kappa shape index (κ1) is 15.8. The van der Waals surface area contributed by atoms with Crippen molar-refractivity contribution in [1.82, 2.24) is 15.4 Å². The lowest BCUT2D eigenvalue weighted by Gasteiger charge is -2.11. The second kappa shape index (κ2) is 6.04. The number of ether oxygens (including phenoxy) is 2. The number of esters is 1. The first-order chi connectivity index (χ1) is 10.4. The number of hydrogen-bond acceptors (Lipinski definition) is 5. The van der Waals surface area contributed by atoms with Crippen molar-refractivity contribution < 1.29 is 27.4 Å². The minimum atomic E-state index is -4.53. The van der Waals surface area contributed by atoms with Crippen LogP contribution in [0.2, 0.25) is 0 Å². The van der Waals surface area contributed by atoms with E-state index in [-0.39, 0.29) is 29.3 Å². The Balaban J connectivity index is 2.57. The molecule has 0 aliphatic rings. The van der Waals surface area contributed by atoms with Gasteiger partial charge in [-0.1, -0.05) is 0 Å². The smallest absolute Gasteiger partial charge is 0.416 e. The molecule has 0 amide bonds. The van der Waals surface area contributed by atoms with Crippen molar-refractivity contribution in [3.63, 3.8) is 0 Å². The van der Waals surface area contributed by atoms with Crippen LogP contribution in [-0.4, -0.2) is 35.1 Å². The van der Waals surface area contributed by atoms with Gasteiger partial charge >= 0.3 is 12.1 Å². The second-order valence-corrected chi connectivity index (χ2v) is 4.15. The first-order valence-corrected chi connectivity index (χ1v) is 6.22. The number of nitrogens with zero attached hydrogens (tertiary/aromatic N) is 2. The predicted octanol–water partition coefficient (Wildman–Crippen LogP) is 2.68. The molecule has 1 aromatic heterocycles. The van der Waals surface area contributed by atoms with Gasteiger partial charge in [-0.15, -0.1) is 5.10 Å². The zero-order chi connectivity index (χ0) is 16.3. The van der Waals surface area contributed by atoms with E-state index in [0.717, 1.165) is 18.2 Å². The van der Waals surface area contributed by atoms with Crippen LogP contribution in [0.4, 0.5) is 13.2 Å². The highest BCUT2D eigenvalue weighted by Crippen LogP contribution is 2.37. The Morgan fingerprint density at radius 2 is 2.05 bits per heavy atom. The normalized spacial score (nSPS) is 11.3. The lowest BCUT2D eigenvalue weighted by atomic mass is 10.0. The van der Waals surface area contributed by atoms with Crippen molar-refractivity contribution in [2.45, 2.75) is 13.1 Å². The molecule has 0 atom stereocenters. The van der Waals surface area contributed by atoms with Gasteiger partial charge < -0.3 is 9.47 Å². The Hall–Kier alpha value is -2.58. The van der Waals surface area contributed by atoms with Gasteiger partial charge in [0.2, 0.25) is 0 Å². The molecule has 0 fully saturated rings. The van der Waals surface area contributed by atoms with Crippen LogP contribution in [0.3, 0.4) is 0 Å². The van der Waals surface area contributed by atoms with Gasteiger partial charge in [0, 0.05) is 5.56 Å². The number of alkyl halides is 3. The zero-order valence-corrected chi connectivity index (χ0v) is 11.7. The van der Waals surface area contributed by atoms with Gasteiger partial charge in [-0.3, -0.25) is 0 Å². The van der Waals surface area contributed by atoms with Crippen LogP contribution in [-0.2, 0) is 10.9 Å². The molecular formula is C13H12F3N3O3. The van der Waals surface area contributed by atoms with Gasteiger partial charge in [-0.25, -0.2) is 4.79 Å². The van der Waals surface area contributed by atoms with Crippen molar-refractivity contribution in [2.75, 3.05) is 13.7 Å². The van der Waals surface area contributed by atoms with Crippen LogP contribution < -0.4 is 4.74 Å². The summed E-state index contributed by atoms with van der Waals surface area (Å²) in [6.07, 6.45) is -4.53. The standard InChI is InChI=1S/C13H12F3N3O3/c1-3-22-12(20)11-10(17-19-18-11)8-6-7(13(14,15)16)4-5-9(8)21-2/h4-6H,3H2,1-2H3,(H,17,18,19). The average molecular weight is 315 g/mol. The maximum absolute atomic E-state index is 12.8. The van der Waals surface area contributed by atoms with E-state index < -0.39 is 17.7 Å². The van der Waals surface area contributed by atoms with E-state index in [2.05, 4.69) is 15.4 Å². The molecule has 2 aromatic rings. The number of aromatic nitrogens is 3. The molecule has 0 aliphatic carbocycles. The van der Waals surface area contributed by atoms with Crippen LogP contribution in [0.15, 0.2) is 18.2 Å². The molecule has 0 aliphatic heterocycles. The predicted molar refractivity (Wildman–Crippen MR) is 69.3 cm³/mol. The molecule has 0 radical (unpaired) electrons. The van der Waals surface area contributed by atoms with Gasteiger partial charge in [-0.2, -0.15) is 23.5 Å². The largest absolute Gasteiger partial charge is 0.496 e. The van der Waals surface area contributed by atoms with Crippen molar-refractivity contribution in [1.29, 1.82) is 0 Å². The molecular weight excluding hydrogens is 303 g/mol. The van der Waals surface area contributed by atoms with E-state index >= 15 is 0 Å². The summed E-state index contributed by atoms with van der Waals surface area (Å²) in [4.78, 5) is 11.8. The maximum Gasteiger partial charge on any atom is 0.416 e. The summed E-state index contributed by atoms with van der Waals surface area (Å²) in [6, 6.07) is 2.88. The summed E-state index contributed by atoms with van der Waals surface area (Å²) in [7, 11) is 1.30. The van der Waals surface area contributed by atoms with E-state index in [9.17, 15) is 18.0 Å². The SMILES string of the molecule is CCOC(=O)c1n[nH]nc1-c1cc(C(F)(F)F)ccc1OC. The number of aromatic amines is 1. The summed E-state index contributed by atoms with van der Waals surface area (Å²) in [5.41, 5.74) is -1.17. The monoisotopic (exact) mass is 315 g/mol. The Kier molecular flexibility index (Phi) is 4.34. The summed E-state index contributed by atoms with van der Waals surface area (Å²) < 4.78 is 48.4. The highest BCUT2D eigenvalue weighted by atomic mass is 19.4. The Morgan fingerprint density at radius 3 is 2.64 bits per heavy atom. The van der Waals surface area contributed by atoms with E-state index in [1.165, 1.54) is 7.11 Å². The molecule has 118 valence electrons. The lowest BCUT2D eigenvalue weighted by Crippen LogP contribution is -2.08. The van der Waals surface area contributed by atoms with Crippen LogP contribution in [0.1, 0.15) is 23.0 Å². The molecule has 0 saturated carbocycles. The van der Waals surface area contributed by atoms with E-state index in [1.54, 1.807) is 6.92 Å². The quantitative estimate of drug-likeness (QED) is 0.878. The number of benzene rings is 1. The minimum Gasteiger partial charge on any atom is -0.496 e. The molecule has 0 bridgehead atoms. The van der Waals surface area contributed by atoms with Crippen LogP contribution in [0.5, 0.6) is 5.75 Å². The number of rotatable bonds is 4. The number of halogens is 3. The van der Waals surface area contributed by atoms with Crippen molar-refractivity contribution in [3.8, 4) is 17.0 Å². The number of methoxy groups -OCH3 is 1. The average Bonchev–Trinajstić information content (AvgIpc) is 2.95. The highest BCUT2D eigenvalue weighted by molar-refractivity contribution is 5.94. The number of H-pyrrole nitrogens is 1. The molecule has 0 spiro atoms.